The first-order chi connectivity index (χ1) is 14.6. The average Bonchev–Trinajstić information content (AvgIpc) is 3.23. The molecule has 0 unspecified atom stereocenters. The molecule has 0 bridgehead atoms. The van der Waals surface area contributed by atoms with Crippen LogP contribution in [0, 0.1) is 13.8 Å². The summed E-state index contributed by atoms with van der Waals surface area (Å²) in [5.41, 5.74) is 6.02. The second kappa shape index (κ2) is 8.88. The lowest BCUT2D eigenvalue weighted by Crippen LogP contribution is -2.31. The molecule has 4 rings (SSSR count). The number of thiocarbonyl (C=S) groups is 1. The van der Waals surface area contributed by atoms with E-state index in [2.05, 4.69) is 82.4 Å². The van der Waals surface area contributed by atoms with Crippen molar-refractivity contribution in [3.63, 3.8) is 0 Å². The standard InChI is InChI=1S/C24H29N5S/c1-17-16-20(18(2)28(17)3)23-22(21-12-7-8-13-26-21)27-24(30)29(23)15-9-14-25-19-10-5-4-6-11-19/h4-8,10-13,16,22-23,25H,9,14-15H2,1-3H3,(H,27,30)/t22-,23-/m0/s1. The van der Waals surface area contributed by atoms with Crippen LogP contribution in [0.25, 0.3) is 0 Å². The van der Waals surface area contributed by atoms with Gasteiger partial charge >= 0.3 is 0 Å². The van der Waals surface area contributed by atoms with Gasteiger partial charge in [0.15, 0.2) is 5.11 Å². The molecule has 30 heavy (non-hydrogen) atoms. The molecule has 0 spiro atoms. The van der Waals surface area contributed by atoms with Gasteiger partial charge in [0.25, 0.3) is 0 Å². The number of benzene rings is 1. The Labute approximate surface area is 184 Å². The van der Waals surface area contributed by atoms with Gasteiger partial charge in [-0.05, 0) is 68.4 Å². The van der Waals surface area contributed by atoms with E-state index in [1.54, 1.807) is 0 Å². The van der Waals surface area contributed by atoms with Gasteiger partial charge in [-0.3, -0.25) is 4.98 Å². The molecule has 0 radical (unpaired) electrons. The number of anilines is 1. The molecular formula is C24H29N5S. The van der Waals surface area contributed by atoms with Crippen LogP contribution in [-0.2, 0) is 7.05 Å². The van der Waals surface area contributed by atoms with E-state index in [0.717, 1.165) is 36.0 Å². The predicted molar refractivity (Wildman–Crippen MR) is 127 cm³/mol. The van der Waals surface area contributed by atoms with Crippen LogP contribution in [0.15, 0.2) is 60.8 Å². The molecule has 0 aliphatic carbocycles. The number of para-hydroxylation sites is 1. The minimum atomic E-state index is 0.0429. The van der Waals surface area contributed by atoms with Crippen molar-refractivity contribution >= 4 is 23.0 Å². The lowest BCUT2D eigenvalue weighted by atomic mass is 9.96. The van der Waals surface area contributed by atoms with Gasteiger partial charge < -0.3 is 20.1 Å². The number of pyridine rings is 1. The first-order valence-electron chi connectivity index (χ1n) is 10.5. The van der Waals surface area contributed by atoms with Gasteiger partial charge in [-0.2, -0.15) is 0 Å². The van der Waals surface area contributed by atoms with Crippen LogP contribution < -0.4 is 10.6 Å². The van der Waals surface area contributed by atoms with Gasteiger partial charge in [0.05, 0.1) is 17.8 Å². The molecule has 3 heterocycles. The van der Waals surface area contributed by atoms with Crippen molar-refractivity contribution in [2.45, 2.75) is 32.4 Å². The van der Waals surface area contributed by atoms with Gasteiger partial charge in [0.1, 0.15) is 0 Å². The topological polar surface area (TPSA) is 45.1 Å². The quantitative estimate of drug-likeness (QED) is 0.436. The first kappa shape index (κ1) is 20.4. The first-order valence-corrected chi connectivity index (χ1v) is 10.9. The van der Waals surface area contributed by atoms with Crippen LogP contribution in [0.2, 0.25) is 0 Å². The van der Waals surface area contributed by atoms with E-state index in [9.17, 15) is 0 Å². The highest BCUT2D eigenvalue weighted by Gasteiger charge is 2.40. The molecule has 2 aromatic heterocycles. The van der Waals surface area contributed by atoms with E-state index < -0.39 is 0 Å². The summed E-state index contributed by atoms with van der Waals surface area (Å²) in [6.07, 6.45) is 2.85. The molecule has 1 aromatic carbocycles. The maximum absolute atomic E-state index is 5.78. The Morgan fingerprint density at radius 1 is 1.10 bits per heavy atom. The van der Waals surface area contributed by atoms with E-state index in [0.29, 0.717) is 0 Å². The summed E-state index contributed by atoms with van der Waals surface area (Å²) < 4.78 is 2.25. The largest absolute Gasteiger partial charge is 0.385 e. The Kier molecular flexibility index (Phi) is 6.04. The van der Waals surface area contributed by atoms with Crippen molar-refractivity contribution in [1.29, 1.82) is 0 Å². The average molecular weight is 420 g/mol. The highest BCUT2D eigenvalue weighted by molar-refractivity contribution is 7.80. The van der Waals surface area contributed by atoms with Crippen LogP contribution in [0.5, 0.6) is 0 Å². The number of aryl methyl sites for hydroxylation is 1. The van der Waals surface area contributed by atoms with Crippen molar-refractivity contribution in [1.82, 2.24) is 19.8 Å². The van der Waals surface area contributed by atoms with Gasteiger partial charge in [-0.1, -0.05) is 24.3 Å². The summed E-state index contributed by atoms with van der Waals surface area (Å²) in [5.74, 6) is 0. The Hall–Kier alpha value is -2.86. The van der Waals surface area contributed by atoms with Gasteiger partial charge in [-0.15, -0.1) is 0 Å². The summed E-state index contributed by atoms with van der Waals surface area (Å²) in [5, 5.41) is 7.85. The van der Waals surface area contributed by atoms with Crippen molar-refractivity contribution < 1.29 is 0 Å². The number of hydrogen-bond acceptors (Lipinski definition) is 3. The molecule has 1 aliphatic rings. The molecule has 2 N–H and O–H groups in total. The SMILES string of the molecule is Cc1cc([C@H]2[C@H](c3ccccn3)NC(=S)N2CCCNc2ccccc2)c(C)n1C. The van der Waals surface area contributed by atoms with E-state index in [4.69, 9.17) is 12.2 Å². The van der Waals surface area contributed by atoms with Crippen molar-refractivity contribution in [3.05, 3.63) is 83.4 Å². The minimum Gasteiger partial charge on any atom is -0.385 e. The fourth-order valence-electron chi connectivity index (χ4n) is 4.21. The van der Waals surface area contributed by atoms with Crippen molar-refractivity contribution in [2.24, 2.45) is 7.05 Å². The highest BCUT2D eigenvalue weighted by Crippen LogP contribution is 2.40. The van der Waals surface area contributed by atoms with E-state index in [1.807, 2.05) is 24.4 Å². The minimum absolute atomic E-state index is 0.0429. The monoisotopic (exact) mass is 419 g/mol. The van der Waals surface area contributed by atoms with Crippen LogP contribution >= 0.6 is 12.2 Å². The number of nitrogens with one attached hydrogen (secondary N) is 2. The maximum Gasteiger partial charge on any atom is 0.170 e. The molecule has 2 atom stereocenters. The van der Waals surface area contributed by atoms with Crippen LogP contribution in [0.3, 0.4) is 0 Å². The molecule has 6 heteroatoms. The summed E-state index contributed by atoms with van der Waals surface area (Å²) in [4.78, 5) is 6.97. The number of rotatable bonds is 7. The summed E-state index contributed by atoms with van der Waals surface area (Å²) >= 11 is 5.78. The molecule has 1 fully saturated rings. The summed E-state index contributed by atoms with van der Waals surface area (Å²) in [6, 6.07) is 18.9. The van der Waals surface area contributed by atoms with Gasteiger partial charge in [0.2, 0.25) is 0 Å². The fourth-order valence-corrected chi connectivity index (χ4v) is 4.54. The zero-order valence-electron chi connectivity index (χ0n) is 17.8. The zero-order valence-corrected chi connectivity index (χ0v) is 18.6. The third-order valence-corrected chi connectivity index (χ3v) is 6.36. The summed E-state index contributed by atoms with van der Waals surface area (Å²) in [6.45, 7) is 6.12. The molecule has 156 valence electrons. The van der Waals surface area contributed by atoms with Crippen LogP contribution in [0.4, 0.5) is 5.69 Å². The Morgan fingerprint density at radius 3 is 2.53 bits per heavy atom. The molecule has 0 amide bonds. The molecular weight excluding hydrogens is 390 g/mol. The highest BCUT2D eigenvalue weighted by atomic mass is 32.1. The zero-order chi connectivity index (χ0) is 21.1. The van der Waals surface area contributed by atoms with E-state index in [1.165, 1.54) is 17.0 Å². The normalized spacial score (nSPS) is 18.5. The van der Waals surface area contributed by atoms with E-state index in [-0.39, 0.29) is 12.1 Å². The molecule has 1 saturated heterocycles. The fraction of sp³-hybridized carbons (Fsp3) is 0.333. The maximum atomic E-state index is 5.78. The Bertz CT molecular complexity index is 999. The molecule has 0 saturated carbocycles. The third-order valence-electron chi connectivity index (χ3n) is 6.01. The number of hydrogen-bond donors (Lipinski definition) is 2. The lowest BCUT2D eigenvalue weighted by molar-refractivity contribution is 0.315. The molecule has 3 aromatic rings. The van der Waals surface area contributed by atoms with Gasteiger partial charge in [-0.25, -0.2) is 0 Å². The molecule has 5 nitrogen and oxygen atoms in total. The number of nitrogens with zero attached hydrogens (tertiary/aromatic N) is 3. The third kappa shape index (κ3) is 4.05. The van der Waals surface area contributed by atoms with Gasteiger partial charge in [0, 0.05) is 43.4 Å². The van der Waals surface area contributed by atoms with Crippen molar-refractivity contribution in [3.8, 4) is 0 Å². The van der Waals surface area contributed by atoms with E-state index >= 15 is 0 Å². The predicted octanol–water partition coefficient (Wildman–Crippen LogP) is 4.51. The second-order valence-electron chi connectivity index (χ2n) is 7.85. The van der Waals surface area contributed by atoms with Crippen LogP contribution in [-0.4, -0.2) is 32.7 Å². The lowest BCUT2D eigenvalue weighted by Gasteiger charge is -2.28. The second-order valence-corrected chi connectivity index (χ2v) is 8.24. The van der Waals surface area contributed by atoms with Crippen LogP contribution in [0.1, 0.15) is 41.1 Å². The molecule has 1 aliphatic heterocycles. The van der Waals surface area contributed by atoms with Crippen molar-refractivity contribution in [2.75, 3.05) is 18.4 Å². The summed E-state index contributed by atoms with van der Waals surface area (Å²) in [7, 11) is 2.12. The Balaban J connectivity index is 1.55. The Morgan fingerprint density at radius 2 is 1.87 bits per heavy atom. The smallest absolute Gasteiger partial charge is 0.170 e. The number of aromatic nitrogens is 2.